The lowest BCUT2D eigenvalue weighted by molar-refractivity contribution is 0.193. The third-order valence-electron chi connectivity index (χ3n) is 4.95. The number of hydrogen-bond acceptors (Lipinski definition) is 3. The number of nitrogens with zero attached hydrogens (tertiary/aromatic N) is 1. The number of hydrogen-bond donors (Lipinski definition) is 1. The van der Waals surface area contributed by atoms with Gasteiger partial charge in [0.05, 0.1) is 17.5 Å². The molecule has 4 nitrogen and oxygen atoms in total. The molecule has 3 rings (SSSR count). The molecular formula is C25H27NO3S. The molecule has 30 heavy (non-hydrogen) atoms. The average Bonchev–Trinajstić information content (AvgIpc) is 2.77. The van der Waals surface area contributed by atoms with E-state index in [9.17, 15) is 13.5 Å². The van der Waals surface area contributed by atoms with Crippen LogP contribution in [0.3, 0.4) is 0 Å². The molecule has 0 aliphatic heterocycles. The Morgan fingerprint density at radius 1 is 0.900 bits per heavy atom. The second-order valence-corrected chi connectivity index (χ2v) is 9.12. The largest absolute Gasteiger partial charge is 0.395 e. The maximum Gasteiger partial charge on any atom is 0.243 e. The molecule has 3 aromatic carbocycles. The molecule has 0 unspecified atom stereocenters. The van der Waals surface area contributed by atoms with Crippen LogP contribution in [0, 0.1) is 6.92 Å². The predicted molar refractivity (Wildman–Crippen MR) is 122 cm³/mol. The van der Waals surface area contributed by atoms with E-state index in [2.05, 4.69) is 0 Å². The van der Waals surface area contributed by atoms with E-state index in [1.54, 1.807) is 24.3 Å². The van der Waals surface area contributed by atoms with Gasteiger partial charge in [-0.3, -0.25) is 0 Å². The van der Waals surface area contributed by atoms with Crippen LogP contribution < -0.4 is 0 Å². The fourth-order valence-electron chi connectivity index (χ4n) is 3.29. The van der Waals surface area contributed by atoms with Crippen LogP contribution in [-0.4, -0.2) is 37.0 Å². The van der Waals surface area contributed by atoms with Crippen LogP contribution in [0.2, 0.25) is 0 Å². The second-order valence-electron chi connectivity index (χ2n) is 7.23. The Balaban J connectivity index is 1.92. The molecule has 0 radical (unpaired) electrons. The summed E-state index contributed by atoms with van der Waals surface area (Å²) in [6.45, 7) is 1.82. The summed E-state index contributed by atoms with van der Waals surface area (Å²) >= 11 is 0. The Morgan fingerprint density at radius 2 is 1.50 bits per heavy atom. The topological polar surface area (TPSA) is 57.6 Å². The number of sulfonamides is 1. The van der Waals surface area contributed by atoms with Gasteiger partial charge in [0.25, 0.3) is 0 Å². The average molecular weight is 422 g/mol. The van der Waals surface area contributed by atoms with Gasteiger partial charge in [0, 0.05) is 6.54 Å². The first-order chi connectivity index (χ1) is 14.5. The van der Waals surface area contributed by atoms with Crippen molar-refractivity contribution >= 4 is 16.1 Å². The van der Waals surface area contributed by atoms with Crippen molar-refractivity contribution in [1.29, 1.82) is 0 Å². The van der Waals surface area contributed by atoms with E-state index >= 15 is 0 Å². The highest BCUT2D eigenvalue weighted by atomic mass is 32.2. The zero-order valence-corrected chi connectivity index (χ0v) is 17.9. The molecule has 0 amide bonds. The summed E-state index contributed by atoms with van der Waals surface area (Å²) in [7, 11) is -3.78. The molecule has 3 aromatic rings. The smallest absolute Gasteiger partial charge is 0.243 e. The standard InChI is InChI=1S/C25H27NO3S/c1-21-14-16-25(17-15-21)30(28,29)26(18-8-13-22-9-4-2-5-10-22)24(20-27)19-23-11-6-3-7-12-23/h2-17,24,27H,18-20H2,1H3/b13-8+/t24-/m0/s1. The van der Waals surface area contributed by atoms with Gasteiger partial charge in [-0.2, -0.15) is 4.31 Å². The van der Waals surface area contributed by atoms with E-state index in [1.807, 2.05) is 79.7 Å². The lowest BCUT2D eigenvalue weighted by atomic mass is 10.1. The monoisotopic (exact) mass is 421 g/mol. The molecule has 0 aliphatic rings. The van der Waals surface area contributed by atoms with Gasteiger partial charge in [-0.25, -0.2) is 8.42 Å². The minimum absolute atomic E-state index is 0.170. The highest BCUT2D eigenvalue weighted by Gasteiger charge is 2.30. The number of aryl methyl sites for hydroxylation is 1. The number of aliphatic hydroxyl groups is 1. The van der Waals surface area contributed by atoms with Gasteiger partial charge in [0.15, 0.2) is 0 Å². The summed E-state index contributed by atoms with van der Waals surface area (Å²) < 4.78 is 28.3. The Hall–Kier alpha value is -2.73. The van der Waals surface area contributed by atoms with Crippen LogP contribution in [0.5, 0.6) is 0 Å². The van der Waals surface area contributed by atoms with Crippen molar-refractivity contribution in [2.75, 3.05) is 13.2 Å². The molecule has 0 bridgehead atoms. The van der Waals surface area contributed by atoms with Crippen LogP contribution in [0.1, 0.15) is 16.7 Å². The third-order valence-corrected chi connectivity index (χ3v) is 6.89. The molecule has 0 fully saturated rings. The molecule has 0 aliphatic carbocycles. The van der Waals surface area contributed by atoms with E-state index in [0.717, 1.165) is 16.7 Å². The van der Waals surface area contributed by atoms with Crippen molar-refractivity contribution in [1.82, 2.24) is 4.31 Å². The molecule has 5 heteroatoms. The summed E-state index contributed by atoms with van der Waals surface area (Å²) in [5, 5.41) is 10.1. The van der Waals surface area contributed by atoms with E-state index in [1.165, 1.54) is 4.31 Å². The first kappa shape index (κ1) is 22.0. The molecule has 0 saturated carbocycles. The molecule has 0 heterocycles. The van der Waals surface area contributed by atoms with Crippen molar-refractivity contribution in [3.8, 4) is 0 Å². The third kappa shape index (κ3) is 5.66. The summed E-state index contributed by atoms with van der Waals surface area (Å²) in [4.78, 5) is 0.229. The first-order valence-corrected chi connectivity index (χ1v) is 11.4. The molecule has 0 saturated heterocycles. The van der Waals surface area contributed by atoms with Gasteiger partial charge in [-0.15, -0.1) is 0 Å². The molecule has 156 valence electrons. The van der Waals surface area contributed by atoms with Gasteiger partial charge < -0.3 is 5.11 Å². The summed E-state index contributed by atoms with van der Waals surface area (Å²) in [5.74, 6) is 0. The summed E-state index contributed by atoms with van der Waals surface area (Å²) in [6.07, 6.45) is 4.16. The zero-order valence-electron chi connectivity index (χ0n) is 17.1. The van der Waals surface area contributed by atoms with Crippen molar-refractivity contribution in [2.24, 2.45) is 0 Å². The summed E-state index contributed by atoms with van der Waals surface area (Å²) in [6, 6.07) is 25.6. The predicted octanol–water partition coefficient (Wildman–Crippen LogP) is 4.30. The molecule has 0 aromatic heterocycles. The van der Waals surface area contributed by atoms with Crippen LogP contribution in [0.4, 0.5) is 0 Å². The van der Waals surface area contributed by atoms with Crippen molar-refractivity contribution in [3.63, 3.8) is 0 Å². The highest BCUT2D eigenvalue weighted by Crippen LogP contribution is 2.21. The van der Waals surface area contributed by atoms with Crippen molar-refractivity contribution in [3.05, 3.63) is 108 Å². The number of benzene rings is 3. The van der Waals surface area contributed by atoms with E-state index < -0.39 is 16.1 Å². The lowest BCUT2D eigenvalue weighted by Gasteiger charge is -2.29. The van der Waals surface area contributed by atoms with E-state index in [4.69, 9.17) is 0 Å². The SMILES string of the molecule is Cc1ccc(S(=O)(=O)N(C/C=C/c2ccccc2)[C@H](CO)Cc2ccccc2)cc1. The number of rotatable bonds is 9. The molecule has 0 spiro atoms. The van der Waals surface area contributed by atoms with Crippen LogP contribution in [-0.2, 0) is 16.4 Å². The van der Waals surface area contributed by atoms with Gasteiger partial charge >= 0.3 is 0 Å². The fourth-order valence-corrected chi connectivity index (χ4v) is 4.86. The lowest BCUT2D eigenvalue weighted by Crippen LogP contribution is -2.43. The number of aliphatic hydroxyl groups excluding tert-OH is 1. The van der Waals surface area contributed by atoms with Gasteiger partial charge in [-0.1, -0.05) is 90.5 Å². The maximum atomic E-state index is 13.5. The normalized spacial score (nSPS) is 13.0. The quantitative estimate of drug-likeness (QED) is 0.560. The highest BCUT2D eigenvalue weighted by molar-refractivity contribution is 7.89. The van der Waals surface area contributed by atoms with Crippen molar-refractivity contribution < 1.29 is 13.5 Å². The maximum absolute atomic E-state index is 13.5. The van der Waals surface area contributed by atoms with Gasteiger partial charge in [-0.05, 0) is 36.6 Å². The van der Waals surface area contributed by atoms with E-state index in [-0.39, 0.29) is 18.0 Å². The van der Waals surface area contributed by atoms with Crippen molar-refractivity contribution in [2.45, 2.75) is 24.3 Å². The Labute approximate surface area is 179 Å². The fraction of sp³-hybridized carbons (Fsp3) is 0.200. The minimum atomic E-state index is -3.78. The van der Waals surface area contributed by atoms with Crippen LogP contribution in [0.25, 0.3) is 6.08 Å². The Morgan fingerprint density at radius 3 is 2.10 bits per heavy atom. The minimum Gasteiger partial charge on any atom is -0.395 e. The molecular weight excluding hydrogens is 394 g/mol. The Bertz CT molecular complexity index is 1050. The second kappa shape index (κ2) is 10.3. The molecule has 1 N–H and O–H groups in total. The van der Waals surface area contributed by atoms with Crippen LogP contribution >= 0.6 is 0 Å². The van der Waals surface area contributed by atoms with Gasteiger partial charge in [0.2, 0.25) is 10.0 Å². The first-order valence-electron chi connectivity index (χ1n) is 9.95. The van der Waals surface area contributed by atoms with Crippen LogP contribution in [0.15, 0.2) is 95.9 Å². The zero-order chi connectivity index (χ0) is 21.4. The molecule has 1 atom stereocenters. The Kier molecular flexibility index (Phi) is 7.57. The van der Waals surface area contributed by atoms with E-state index in [0.29, 0.717) is 6.42 Å². The summed E-state index contributed by atoms with van der Waals surface area (Å²) in [5.41, 5.74) is 2.97. The van der Waals surface area contributed by atoms with Gasteiger partial charge in [0.1, 0.15) is 0 Å².